The quantitative estimate of drug-likeness (QED) is 0.620. The van der Waals surface area contributed by atoms with Gasteiger partial charge in [-0.05, 0) is 31.9 Å². The lowest BCUT2D eigenvalue weighted by atomic mass is 10.1. The first-order chi connectivity index (χ1) is 10.1. The monoisotopic (exact) mass is 294 g/mol. The van der Waals surface area contributed by atoms with Crippen molar-refractivity contribution in [1.29, 1.82) is 0 Å². The van der Waals surface area contributed by atoms with E-state index in [-0.39, 0.29) is 6.10 Å². The molecule has 1 saturated heterocycles. The highest BCUT2D eigenvalue weighted by Gasteiger charge is 2.24. The van der Waals surface area contributed by atoms with Gasteiger partial charge in [-0.15, -0.1) is 0 Å². The van der Waals surface area contributed by atoms with Crippen LogP contribution in [-0.4, -0.2) is 57.1 Å². The van der Waals surface area contributed by atoms with Crippen molar-refractivity contribution in [2.75, 3.05) is 45.9 Å². The zero-order valence-electron chi connectivity index (χ0n) is 13.6. The summed E-state index contributed by atoms with van der Waals surface area (Å²) in [4.78, 5) is 3.19. The molecule has 0 radical (unpaired) electrons. The van der Waals surface area contributed by atoms with Crippen LogP contribution in [0, 0.1) is 13.8 Å². The molecule has 0 aliphatic carbocycles. The average Bonchev–Trinajstić information content (AvgIpc) is 2.47. The highest BCUT2D eigenvalue weighted by atomic mass is 16.5. The third-order valence-corrected chi connectivity index (χ3v) is 4.52. The Labute approximate surface area is 128 Å². The van der Waals surface area contributed by atoms with Gasteiger partial charge in [-0.2, -0.15) is 0 Å². The fourth-order valence-electron chi connectivity index (χ4n) is 3.11. The molecule has 0 bridgehead atoms. The van der Waals surface area contributed by atoms with Crippen molar-refractivity contribution in [3.05, 3.63) is 29.3 Å². The number of nitrogens with one attached hydrogen (secondary N) is 2. The van der Waals surface area contributed by atoms with Gasteiger partial charge >= 0.3 is 0 Å². The molecule has 0 saturated carbocycles. The second-order valence-electron chi connectivity index (χ2n) is 6.24. The number of para-hydroxylation sites is 1. The van der Waals surface area contributed by atoms with Crippen molar-refractivity contribution in [1.82, 2.24) is 0 Å². The molecule has 0 spiro atoms. The molecule has 1 aliphatic rings. The van der Waals surface area contributed by atoms with Crippen LogP contribution >= 0.6 is 0 Å². The Balaban J connectivity index is 1.76. The number of benzene rings is 1. The number of rotatable bonds is 6. The van der Waals surface area contributed by atoms with E-state index in [4.69, 9.17) is 4.74 Å². The normalized spacial score (nSPS) is 23.8. The first-order valence-electron chi connectivity index (χ1n) is 8.14. The van der Waals surface area contributed by atoms with E-state index in [0.717, 1.165) is 36.5 Å². The molecule has 1 fully saturated rings. The van der Waals surface area contributed by atoms with Crippen LogP contribution in [0.2, 0.25) is 0 Å². The van der Waals surface area contributed by atoms with Gasteiger partial charge in [0.1, 0.15) is 51.2 Å². The third kappa shape index (κ3) is 4.70. The van der Waals surface area contributed by atoms with E-state index >= 15 is 0 Å². The van der Waals surface area contributed by atoms with Crippen molar-refractivity contribution in [3.63, 3.8) is 0 Å². The first-order valence-corrected chi connectivity index (χ1v) is 8.14. The van der Waals surface area contributed by atoms with Crippen LogP contribution in [0.15, 0.2) is 18.2 Å². The maximum absolute atomic E-state index is 10.2. The standard InChI is InChI=1S/C17H28N2O2/c1-4-18-8-10-19(11-9-18)12-16(20)13-21-17-14(2)6-5-7-15(17)3/h5-7,16,20H,4,8-13H2,1-3H3/p+2/t16-/m0/s1. The summed E-state index contributed by atoms with van der Waals surface area (Å²) in [6.07, 6.45) is -0.387. The van der Waals surface area contributed by atoms with Crippen molar-refractivity contribution in [2.24, 2.45) is 0 Å². The third-order valence-electron chi connectivity index (χ3n) is 4.52. The Kier molecular flexibility index (Phi) is 6.03. The SMILES string of the molecule is CC[NH+]1CC[NH+](C[C@H](O)COc2c(C)cccc2C)CC1. The van der Waals surface area contributed by atoms with Crippen LogP contribution < -0.4 is 14.5 Å². The smallest absolute Gasteiger partial charge is 0.137 e. The zero-order chi connectivity index (χ0) is 15.2. The summed E-state index contributed by atoms with van der Waals surface area (Å²) in [5.41, 5.74) is 2.27. The lowest BCUT2D eigenvalue weighted by molar-refractivity contribution is -1.01. The molecule has 3 N–H and O–H groups in total. The molecule has 0 amide bonds. The maximum Gasteiger partial charge on any atom is 0.137 e. The molecule has 1 aromatic rings. The van der Waals surface area contributed by atoms with Crippen molar-refractivity contribution in [2.45, 2.75) is 26.9 Å². The predicted molar refractivity (Wildman–Crippen MR) is 84.2 cm³/mol. The summed E-state index contributed by atoms with van der Waals surface area (Å²) in [6.45, 7) is 13.5. The Morgan fingerprint density at radius 2 is 1.67 bits per heavy atom. The molecular weight excluding hydrogens is 264 g/mol. The maximum atomic E-state index is 10.2. The first kappa shape index (κ1) is 16.3. The van der Waals surface area contributed by atoms with Gasteiger partial charge in [0.15, 0.2) is 0 Å². The van der Waals surface area contributed by atoms with Gasteiger partial charge in [0.05, 0.1) is 6.54 Å². The Morgan fingerprint density at radius 3 is 2.24 bits per heavy atom. The molecule has 1 aromatic carbocycles. The van der Waals surface area contributed by atoms with E-state index in [1.807, 2.05) is 32.0 Å². The molecule has 1 aliphatic heterocycles. The topological polar surface area (TPSA) is 38.3 Å². The molecule has 2 rings (SSSR count). The molecule has 1 heterocycles. The molecule has 1 atom stereocenters. The van der Waals surface area contributed by atoms with Gasteiger partial charge in [0.2, 0.25) is 0 Å². The lowest BCUT2D eigenvalue weighted by Crippen LogP contribution is -3.28. The minimum Gasteiger partial charge on any atom is -0.490 e. The minimum atomic E-state index is -0.387. The van der Waals surface area contributed by atoms with Gasteiger partial charge in [-0.1, -0.05) is 18.2 Å². The van der Waals surface area contributed by atoms with Crippen LogP contribution in [0.5, 0.6) is 5.75 Å². The number of likely N-dealkylation sites (N-methyl/N-ethyl adjacent to an activating group) is 1. The number of piperazine rings is 1. The molecule has 0 aromatic heterocycles. The van der Waals surface area contributed by atoms with Crippen LogP contribution in [0.25, 0.3) is 0 Å². The van der Waals surface area contributed by atoms with E-state index in [2.05, 4.69) is 6.92 Å². The number of hydrogen-bond donors (Lipinski definition) is 3. The van der Waals surface area contributed by atoms with E-state index in [9.17, 15) is 5.11 Å². The second-order valence-corrected chi connectivity index (χ2v) is 6.24. The molecule has 0 unspecified atom stereocenters. The zero-order valence-corrected chi connectivity index (χ0v) is 13.6. The average molecular weight is 294 g/mol. The predicted octanol–water partition coefficient (Wildman–Crippen LogP) is -1.15. The highest BCUT2D eigenvalue weighted by Crippen LogP contribution is 2.22. The van der Waals surface area contributed by atoms with E-state index in [0.29, 0.717) is 6.61 Å². The van der Waals surface area contributed by atoms with Crippen molar-refractivity contribution >= 4 is 0 Å². The highest BCUT2D eigenvalue weighted by molar-refractivity contribution is 5.39. The summed E-state index contributed by atoms with van der Waals surface area (Å²) in [5, 5.41) is 10.2. The Morgan fingerprint density at radius 1 is 1.10 bits per heavy atom. The largest absolute Gasteiger partial charge is 0.490 e. The second kappa shape index (κ2) is 7.78. The van der Waals surface area contributed by atoms with E-state index in [1.54, 1.807) is 4.90 Å². The number of aliphatic hydroxyl groups is 1. The van der Waals surface area contributed by atoms with Gasteiger partial charge in [0, 0.05) is 0 Å². The number of aliphatic hydroxyl groups excluding tert-OH is 1. The number of hydrogen-bond acceptors (Lipinski definition) is 2. The summed E-state index contributed by atoms with van der Waals surface area (Å²) in [7, 11) is 0. The van der Waals surface area contributed by atoms with Gasteiger partial charge in [-0.3, -0.25) is 0 Å². The summed E-state index contributed by atoms with van der Waals surface area (Å²) in [5.74, 6) is 0.923. The molecule has 118 valence electrons. The summed E-state index contributed by atoms with van der Waals surface area (Å²) >= 11 is 0. The number of ether oxygens (including phenoxy) is 1. The molecule has 4 nitrogen and oxygen atoms in total. The number of aryl methyl sites for hydroxylation is 2. The van der Waals surface area contributed by atoms with Gasteiger partial charge in [0.25, 0.3) is 0 Å². The Hall–Kier alpha value is -1.10. The van der Waals surface area contributed by atoms with Gasteiger partial charge in [-0.25, -0.2) is 0 Å². The van der Waals surface area contributed by atoms with Crippen molar-refractivity contribution in [3.8, 4) is 5.75 Å². The summed E-state index contributed by atoms with van der Waals surface area (Å²) < 4.78 is 5.84. The molecular formula is C17H30N2O2+2. The fourth-order valence-corrected chi connectivity index (χ4v) is 3.11. The van der Waals surface area contributed by atoms with E-state index < -0.39 is 0 Å². The van der Waals surface area contributed by atoms with Crippen molar-refractivity contribution < 1.29 is 19.6 Å². The van der Waals surface area contributed by atoms with Crippen LogP contribution in [0.3, 0.4) is 0 Å². The number of quaternary nitrogens is 2. The van der Waals surface area contributed by atoms with E-state index in [1.165, 1.54) is 24.5 Å². The lowest BCUT2D eigenvalue weighted by Gasteiger charge is -2.30. The summed E-state index contributed by atoms with van der Waals surface area (Å²) in [6, 6.07) is 6.13. The molecule has 21 heavy (non-hydrogen) atoms. The van der Waals surface area contributed by atoms with Crippen LogP contribution in [0.4, 0.5) is 0 Å². The van der Waals surface area contributed by atoms with Crippen LogP contribution in [-0.2, 0) is 0 Å². The van der Waals surface area contributed by atoms with Crippen LogP contribution in [0.1, 0.15) is 18.1 Å². The Bertz CT molecular complexity index is 422. The minimum absolute atomic E-state index is 0.387. The molecule has 4 heteroatoms. The fraction of sp³-hybridized carbons (Fsp3) is 0.647. The van der Waals surface area contributed by atoms with Gasteiger partial charge < -0.3 is 19.6 Å².